The van der Waals surface area contributed by atoms with Gasteiger partial charge in [0.05, 0.1) is 6.07 Å². The zero-order chi connectivity index (χ0) is 8.78. The minimum atomic E-state index is -5.08. The molecule has 0 aliphatic carbocycles. The summed E-state index contributed by atoms with van der Waals surface area (Å²) in [5, 5.41) is 14.4. The maximum atomic E-state index is 10.6. The van der Waals surface area contributed by atoms with E-state index in [1.165, 1.54) is 6.92 Å². The van der Waals surface area contributed by atoms with Gasteiger partial charge in [-0.3, -0.25) is 0 Å². The van der Waals surface area contributed by atoms with Crippen molar-refractivity contribution in [3.8, 4) is 6.07 Å². The van der Waals surface area contributed by atoms with Crippen molar-refractivity contribution in [1.82, 2.24) is 0 Å². The van der Waals surface area contributed by atoms with Gasteiger partial charge in [-0.05, 0) is 0 Å². The zero-order valence-electron chi connectivity index (χ0n) is 5.44. The van der Waals surface area contributed by atoms with Crippen LogP contribution in [0.3, 0.4) is 0 Å². The number of carbonyl (C=O) groups is 1. The lowest BCUT2D eigenvalue weighted by atomic mass is 10.7. The van der Waals surface area contributed by atoms with Crippen LogP contribution in [0.1, 0.15) is 6.92 Å². The number of hydrogen-bond donors (Lipinski definition) is 1. The first-order chi connectivity index (χ1) is 4.36. The fourth-order valence-corrected chi connectivity index (χ4v) is 0. The van der Waals surface area contributed by atoms with Crippen molar-refractivity contribution in [3.05, 3.63) is 0 Å². The lowest BCUT2D eigenvalue weighted by Crippen LogP contribution is -2.21. The van der Waals surface area contributed by atoms with Crippen LogP contribution in [0, 0.1) is 11.3 Å². The van der Waals surface area contributed by atoms with E-state index in [2.05, 4.69) is 0 Å². The van der Waals surface area contributed by atoms with Crippen molar-refractivity contribution in [2.45, 2.75) is 13.1 Å². The highest BCUT2D eigenvalue weighted by atomic mass is 19.4. The molecule has 0 aromatic carbocycles. The summed E-state index contributed by atoms with van der Waals surface area (Å²) in [6.07, 6.45) is -5.08. The number of rotatable bonds is 0. The van der Waals surface area contributed by atoms with Crippen molar-refractivity contribution >= 4 is 5.97 Å². The fourth-order valence-electron chi connectivity index (χ4n) is 0. The maximum absolute atomic E-state index is 10.6. The molecule has 0 aromatic rings. The molecule has 0 bridgehead atoms. The SMILES string of the molecule is CC#N.O.O=C(O)C(F)(F)F. The first-order valence-corrected chi connectivity index (χ1v) is 1.97. The third-order valence-electron chi connectivity index (χ3n) is 0.243. The molecule has 0 heterocycles. The molecule has 0 unspecified atom stereocenters. The quantitative estimate of drug-likeness (QED) is 0.572. The number of halogens is 3. The third kappa shape index (κ3) is 17.7. The number of carboxylic acids is 1. The minimum absolute atomic E-state index is 0. The number of hydrogen-bond acceptors (Lipinski definition) is 2. The summed E-state index contributed by atoms with van der Waals surface area (Å²) in [4.78, 5) is 8.90. The number of nitriles is 1. The van der Waals surface area contributed by atoms with Crippen molar-refractivity contribution in [2.75, 3.05) is 0 Å². The summed E-state index contributed by atoms with van der Waals surface area (Å²) < 4.78 is 31.7. The van der Waals surface area contributed by atoms with Gasteiger partial charge in [0.1, 0.15) is 0 Å². The maximum Gasteiger partial charge on any atom is 0.490 e. The van der Waals surface area contributed by atoms with E-state index in [4.69, 9.17) is 15.2 Å². The van der Waals surface area contributed by atoms with Crippen molar-refractivity contribution in [2.24, 2.45) is 0 Å². The van der Waals surface area contributed by atoms with Crippen molar-refractivity contribution in [1.29, 1.82) is 5.26 Å². The van der Waals surface area contributed by atoms with E-state index in [0.717, 1.165) is 0 Å². The highest BCUT2D eigenvalue weighted by Crippen LogP contribution is 2.13. The second-order valence-corrected chi connectivity index (χ2v) is 1.03. The van der Waals surface area contributed by atoms with Crippen LogP contribution in [0.15, 0.2) is 0 Å². The Balaban J connectivity index is -0.000000140. The predicted molar refractivity (Wildman–Crippen MR) is 28.6 cm³/mol. The largest absolute Gasteiger partial charge is 0.490 e. The standard InChI is InChI=1S/C2HF3O2.C2H3N.H2O/c3-2(4,5)1(6)7;1-2-3;/h(H,6,7);1H3;1H2. The molecule has 0 rings (SSSR count). The minimum Gasteiger partial charge on any atom is -0.475 e. The number of alkyl halides is 3. The van der Waals surface area contributed by atoms with Crippen LogP contribution in [0.5, 0.6) is 0 Å². The van der Waals surface area contributed by atoms with E-state index in [9.17, 15) is 13.2 Å². The van der Waals surface area contributed by atoms with Crippen LogP contribution in [-0.2, 0) is 4.79 Å². The van der Waals surface area contributed by atoms with E-state index in [1.807, 2.05) is 0 Å². The lowest BCUT2D eigenvalue weighted by molar-refractivity contribution is -0.192. The second kappa shape index (κ2) is 6.82. The molecular formula is C4H6F3NO3. The van der Waals surface area contributed by atoms with Crippen molar-refractivity contribution in [3.63, 3.8) is 0 Å². The van der Waals surface area contributed by atoms with Crippen LogP contribution >= 0.6 is 0 Å². The van der Waals surface area contributed by atoms with Gasteiger partial charge in [0.15, 0.2) is 0 Å². The van der Waals surface area contributed by atoms with Crippen LogP contribution in [0.4, 0.5) is 13.2 Å². The highest BCUT2D eigenvalue weighted by molar-refractivity contribution is 5.73. The molecule has 0 fully saturated rings. The van der Waals surface area contributed by atoms with Gasteiger partial charge in [0.2, 0.25) is 0 Å². The average molecular weight is 173 g/mol. The van der Waals surface area contributed by atoms with Crippen LogP contribution in [0.2, 0.25) is 0 Å². The Morgan fingerprint density at radius 1 is 1.55 bits per heavy atom. The lowest BCUT2D eigenvalue weighted by Gasteiger charge is -1.93. The van der Waals surface area contributed by atoms with Gasteiger partial charge in [-0.2, -0.15) is 18.4 Å². The van der Waals surface area contributed by atoms with Gasteiger partial charge in [-0.15, -0.1) is 0 Å². The van der Waals surface area contributed by atoms with E-state index in [0.29, 0.717) is 0 Å². The van der Waals surface area contributed by atoms with Gasteiger partial charge < -0.3 is 10.6 Å². The third-order valence-corrected chi connectivity index (χ3v) is 0.243. The fraction of sp³-hybridized carbons (Fsp3) is 0.500. The number of aliphatic carboxylic acids is 1. The van der Waals surface area contributed by atoms with Crippen LogP contribution < -0.4 is 0 Å². The Hall–Kier alpha value is -1.29. The molecular weight excluding hydrogens is 167 g/mol. The Kier molecular flexibility index (Phi) is 10.2. The van der Waals surface area contributed by atoms with Crippen LogP contribution in [0.25, 0.3) is 0 Å². The molecule has 0 saturated heterocycles. The summed E-state index contributed by atoms with van der Waals surface area (Å²) in [6, 6.07) is 1.75. The summed E-state index contributed by atoms with van der Waals surface area (Å²) in [5.41, 5.74) is 0. The Morgan fingerprint density at radius 3 is 1.64 bits per heavy atom. The van der Waals surface area contributed by atoms with E-state index in [-0.39, 0.29) is 5.48 Å². The van der Waals surface area contributed by atoms with Crippen molar-refractivity contribution < 1.29 is 28.5 Å². The molecule has 0 amide bonds. The topological polar surface area (TPSA) is 92.6 Å². The van der Waals surface area contributed by atoms with Gasteiger partial charge >= 0.3 is 12.1 Å². The molecule has 0 aliphatic rings. The summed E-state index contributed by atoms with van der Waals surface area (Å²) in [7, 11) is 0. The van der Waals surface area contributed by atoms with Gasteiger partial charge in [0, 0.05) is 6.92 Å². The molecule has 0 saturated carbocycles. The van der Waals surface area contributed by atoms with Gasteiger partial charge in [0.25, 0.3) is 0 Å². The van der Waals surface area contributed by atoms with Crippen LogP contribution in [-0.4, -0.2) is 22.7 Å². The molecule has 11 heavy (non-hydrogen) atoms. The Bertz CT molecular complexity index is 148. The molecule has 0 atom stereocenters. The molecule has 0 aromatic heterocycles. The first-order valence-electron chi connectivity index (χ1n) is 1.97. The average Bonchev–Trinajstić information content (AvgIpc) is 1.64. The predicted octanol–water partition coefficient (Wildman–Crippen LogP) is 0.338. The highest BCUT2D eigenvalue weighted by Gasteiger charge is 2.38. The first kappa shape index (κ1) is 16.4. The van der Waals surface area contributed by atoms with E-state index < -0.39 is 12.1 Å². The van der Waals surface area contributed by atoms with Gasteiger partial charge in [-0.25, -0.2) is 4.79 Å². The number of carboxylic acid groups (broad SMARTS) is 1. The molecule has 0 aliphatic heterocycles. The summed E-state index contributed by atoms with van der Waals surface area (Å²) in [6.45, 7) is 1.43. The van der Waals surface area contributed by atoms with E-state index in [1.54, 1.807) is 6.07 Å². The smallest absolute Gasteiger partial charge is 0.475 e. The monoisotopic (exact) mass is 173 g/mol. The van der Waals surface area contributed by atoms with E-state index >= 15 is 0 Å². The molecule has 0 radical (unpaired) electrons. The second-order valence-electron chi connectivity index (χ2n) is 1.03. The molecule has 3 N–H and O–H groups in total. The molecule has 0 spiro atoms. The van der Waals surface area contributed by atoms with Gasteiger partial charge in [-0.1, -0.05) is 0 Å². The molecule has 7 heteroatoms. The molecule has 66 valence electrons. The normalized spacial score (nSPS) is 7.91. The summed E-state index contributed by atoms with van der Waals surface area (Å²) >= 11 is 0. The Morgan fingerprint density at radius 2 is 1.64 bits per heavy atom. The Labute approximate surface area is 60.2 Å². The number of nitrogens with zero attached hydrogens (tertiary/aromatic N) is 1. The summed E-state index contributed by atoms with van der Waals surface area (Å²) in [5.74, 6) is -2.76. The molecule has 4 nitrogen and oxygen atoms in total. The zero-order valence-corrected chi connectivity index (χ0v) is 5.44.